The van der Waals surface area contributed by atoms with Crippen LogP contribution < -0.4 is 11.1 Å². The molecule has 0 saturated carbocycles. The maximum absolute atomic E-state index is 12.1. The molecule has 1 atom stereocenters. The van der Waals surface area contributed by atoms with E-state index in [9.17, 15) is 15.0 Å². The van der Waals surface area contributed by atoms with Gasteiger partial charge in [0, 0.05) is 6.54 Å². The standard InChI is InChI=1S/C13H20N2O3/c1-8(2)13(3,7-14)15-12(18)11-9(16)5-4-6-10(11)17/h4-6,8,16-17H,7,14H2,1-3H3,(H,15,18). The summed E-state index contributed by atoms with van der Waals surface area (Å²) in [4.78, 5) is 12.1. The molecule has 5 N–H and O–H groups in total. The quantitative estimate of drug-likeness (QED) is 0.647. The van der Waals surface area contributed by atoms with Crippen LogP contribution in [0.15, 0.2) is 18.2 Å². The van der Waals surface area contributed by atoms with Crippen molar-refractivity contribution < 1.29 is 15.0 Å². The second-order valence-corrected chi connectivity index (χ2v) is 4.90. The van der Waals surface area contributed by atoms with E-state index in [2.05, 4.69) is 5.32 Å². The number of hydrogen-bond acceptors (Lipinski definition) is 4. The number of phenols is 2. The fraction of sp³-hybridized carbons (Fsp3) is 0.462. The Bertz CT molecular complexity index is 426. The average Bonchev–Trinajstić information content (AvgIpc) is 2.28. The van der Waals surface area contributed by atoms with E-state index in [-0.39, 0.29) is 29.5 Å². The van der Waals surface area contributed by atoms with Gasteiger partial charge in [0.05, 0.1) is 5.54 Å². The lowest BCUT2D eigenvalue weighted by atomic mass is 9.88. The lowest BCUT2D eigenvalue weighted by Crippen LogP contribution is -2.55. The van der Waals surface area contributed by atoms with Gasteiger partial charge in [0.15, 0.2) is 0 Å². The number of amides is 1. The molecule has 1 aromatic carbocycles. The molecule has 1 aromatic rings. The summed E-state index contributed by atoms with van der Waals surface area (Å²) in [6.07, 6.45) is 0. The van der Waals surface area contributed by atoms with Crippen LogP contribution in [0.1, 0.15) is 31.1 Å². The number of rotatable bonds is 4. The Morgan fingerprint density at radius 3 is 2.28 bits per heavy atom. The second kappa shape index (κ2) is 5.27. The number of nitrogens with one attached hydrogen (secondary N) is 1. The minimum Gasteiger partial charge on any atom is -0.507 e. The molecule has 0 radical (unpaired) electrons. The van der Waals surface area contributed by atoms with Crippen molar-refractivity contribution >= 4 is 5.91 Å². The molecule has 1 amide bonds. The number of hydrogen-bond donors (Lipinski definition) is 4. The molecule has 100 valence electrons. The predicted octanol–water partition coefficient (Wildman–Crippen LogP) is 1.20. The van der Waals surface area contributed by atoms with Crippen LogP contribution in [0.2, 0.25) is 0 Å². The zero-order valence-corrected chi connectivity index (χ0v) is 10.9. The number of nitrogens with two attached hydrogens (primary N) is 1. The summed E-state index contributed by atoms with van der Waals surface area (Å²) in [5, 5.41) is 22.0. The summed E-state index contributed by atoms with van der Waals surface area (Å²) in [5.74, 6) is -0.919. The van der Waals surface area contributed by atoms with Gasteiger partial charge in [0.25, 0.3) is 5.91 Å². The second-order valence-electron chi connectivity index (χ2n) is 4.90. The molecule has 0 aliphatic heterocycles. The fourth-order valence-corrected chi connectivity index (χ4v) is 1.51. The number of aromatic hydroxyl groups is 2. The first-order valence-electron chi connectivity index (χ1n) is 5.85. The van der Waals surface area contributed by atoms with Crippen LogP contribution in [0.25, 0.3) is 0 Å². The van der Waals surface area contributed by atoms with Crippen molar-refractivity contribution in [1.29, 1.82) is 0 Å². The largest absolute Gasteiger partial charge is 0.507 e. The topological polar surface area (TPSA) is 95.6 Å². The third-order valence-electron chi connectivity index (χ3n) is 3.34. The van der Waals surface area contributed by atoms with Gasteiger partial charge < -0.3 is 21.3 Å². The minimum absolute atomic E-state index is 0.124. The summed E-state index contributed by atoms with van der Waals surface area (Å²) >= 11 is 0. The van der Waals surface area contributed by atoms with Crippen LogP contribution in [0.4, 0.5) is 0 Å². The van der Waals surface area contributed by atoms with E-state index in [0.717, 1.165) is 0 Å². The zero-order chi connectivity index (χ0) is 13.9. The molecule has 1 rings (SSSR count). The van der Waals surface area contributed by atoms with Crippen LogP contribution in [0, 0.1) is 5.92 Å². The normalized spacial score (nSPS) is 14.3. The van der Waals surface area contributed by atoms with Gasteiger partial charge in [-0.1, -0.05) is 19.9 Å². The van der Waals surface area contributed by atoms with Crippen molar-refractivity contribution in [2.75, 3.05) is 6.54 Å². The van der Waals surface area contributed by atoms with E-state index in [1.165, 1.54) is 18.2 Å². The van der Waals surface area contributed by atoms with E-state index in [1.54, 1.807) is 0 Å². The van der Waals surface area contributed by atoms with Gasteiger partial charge in [-0.2, -0.15) is 0 Å². The molecule has 1 unspecified atom stereocenters. The highest BCUT2D eigenvalue weighted by Crippen LogP contribution is 2.27. The van der Waals surface area contributed by atoms with Gasteiger partial charge in [-0.3, -0.25) is 4.79 Å². The van der Waals surface area contributed by atoms with Crippen molar-refractivity contribution in [3.8, 4) is 11.5 Å². The van der Waals surface area contributed by atoms with Crippen molar-refractivity contribution in [2.45, 2.75) is 26.3 Å². The molecule has 0 bridgehead atoms. The van der Waals surface area contributed by atoms with E-state index < -0.39 is 11.4 Å². The molecule has 5 heteroatoms. The summed E-state index contributed by atoms with van der Waals surface area (Å²) in [6, 6.07) is 4.17. The highest BCUT2D eigenvalue weighted by atomic mass is 16.3. The van der Waals surface area contributed by atoms with Gasteiger partial charge in [0.1, 0.15) is 17.1 Å². The van der Waals surface area contributed by atoms with Crippen LogP contribution in [-0.2, 0) is 0 Å². The molecular formula is C13H20N2O3. The molecule has 0 aromatic heterocycles. The summed E-state index contributed by atoms with van der Waals surface area (Å²) in [7, 11) is 0. The van der Waals surface area contributed by atoms with Gasteiger partial charge in [-0.15, -0.1) is 0 Å². The van der Waals surface area contributed by atoms with Crippen molar-refractivity contribution in [3.63, 3.8) is 0 Å². The first-order chi connectivity index (χ1) is 8.31. The van der Waals surface area contributed by atoms with Crippen LogP contribution >= 0.6 is 0 Å². The summed E-state index contributed by atoms with van der Waals surface area (Å²) in [5.41, 5.74) is 4.95. The van der Waals surface area contributed by atoms with E-state index >= 15 is 0 Å². The zero-order valence-electron chi connectivity index (χ0n) is 10.9. The van der Waals surface area contributed by atoms with Gasteiger partial charge >= 0.3 is 0 Å². The SMILES string of the molecule is CC(C)C(C)(CN)NC(=O)c1c(O)cccc1O. The highest BCUT2D eigenvalue weighted by molar-refractivity contribution is 5.99. The van der Waals surface area contributed by atoms with Gasteiger partial charge in [-0.05, 0) is 25.0 Å². The molecule has 0 aliphatic carbocycles. The lowest BCUT2D eigenvalue weighted by molar-refractivity contribution is 0.0877. The third-order valence-corrected chi connectivity index (χ3v) is 3.34. The Kier molecular flexibility index (Phi) is 4.19. The number of phenolic OH excluding ortho intramolecular Hbond substituents is 2. The number of carbonyl (C=O) groups excluding carboxylic acids is 1. The number of benzene rings is 1. The van der Waals surface area contributed by atoms with Crippen molar-refractivity contribution in [1.82, 2.24) is 5.32 Å². The predicted molar refractivity (Wildman–Crippen MR) is 69.5 cm³/mol. The van der Waals surface area contributed by atoms with Crippen LogP contribution in [-0.4, -0.2) is 28.2 Å². The molecule has 0 spiro atoms. The Hall–Kier alpha value is -1.75. The number of carbonyl (C=O) groups is 1. The average molecular weight is 252 g/mol. The smallest absolute Gasteiger partial charge is 0.259 e. The van der Waals surface area contributed by atoms with Gasteiger partial charge in [-0.25, -0.2) is 0 Å². The first kappa shape index (κ1) is 14.3. The van der Waals surface area contributed by atoms with Crippen molar-refractivity contribution in [3.05, 3.63) is 23.8 Å². The van der Waals surface area contributed by atoms with Gasteiger partial charge in [0.2, 0.25) is 0 Å². The molecule has 0 aliphatic rings. The van der Waals surface area contributed by atoms with E-state index in [4.69, 9.17) is 5.73 Å². The maximum atomic E-state index is 12.1. The Labute approximate surface area is 107 Å². The maximum Gasteiger partial charge on any atom is 0.259 e. The molecule has 0 saturated heterocycles. The first-order valence-corrected chi connectivity index (χ1v) is 5.85. The summed E-state index contributed by atoms with van der Waals surface area (Å²) < 4.78 is 0. The van der Waals surface area contributed by atoms with Crippen LogP contribution in [0.5, 0.6) is 11.5 Å². The molecule has 0 heterocycles. The Morgan fingerprint density at radius 2 is 1.89 bits per heavy atom. The Morgan fingerprint density at radius 1 is 1.39 bits per heavy atom. The van der Waals surface area contributed by atoms with Crippen molar-refractivity contribution in [2.24, 2.45) is 11.7 Å². The minimum atomic E-state index is -0.591. The fourth-order valence-electron chi connectivity index (χ4n) is 1.51. The lowest BCUT2D eigenvalue weighted by Gasteiger charge is -2.33. The summed E-state index contributed by atoms with van der Waals surface area (Å²) in [6.45, 7) is 5.98. The highest BCUT2D eigenvalue weighted by Gasteiger charge is 2.30. The van der Waals surface area contributed by atoms with E-state index in [0.29, 0.717) is 0 Å². The molecule has 18 heavy (non-hydrogen) atoms. The Balaban J connectivity index is 3.02. The monoisotopic (exact) mass is 252 g/mol. The molecule has 5 nitrogen and oxygen atoms in total. The molecule has 0 fully saturated rings. The van der Waals surface area contributed by atoms with E-state index in [1.807, 2.05) is 20.8 Å². The third kappa shape index (κ3) is 2.73. The molecular weight excluding hydrogens is 232 g/mol. The van der Waals surface area contributed by atoms with Crippen LogP contribution in [0.3, 0.4) is 0 Å².